The SMILES string of the molecule is O=C(C(Cc1ccc(Br)cc1Cl)N=C(c1ccccc1)c1ccccc1)N1Cc2ccccc2C1. The fourth-order valence-corrected chi connectivity index (χ4v) is 5.20. The normalized spacial score (nSPS) is 13.3. The van der Waals surface area contributed by atoms with E-state index in [-0.39, 0.29) is 5.91 Å². The summed E-state index contributed by atoms with van der Waals surface area (Å²) in [6.45, 7) is 1.20. The van der Waals surface area contributed by atoms with Crippen LogP contribution in [-0.2, 0) is 24.3 Å². The fourth-order valence-electron chi connectivity index (χ4n) is 4.45. The lowest BCUT2D eigenvalue weighted by molar-refractivity contribution is -0.133. The van der Waals surface area contributed by atoms with Gasteiger partial charge >= 0.3 is 0 Å². The van der Waals surface area contributed by atoms with Crippen LogP contribution >= 0.6 is 27.5 Å². The predicted molar refractivity (Wildman–Crippen MR) is 146 cm³/mol. The molecule has 0 radical (unpaired) electrons. The average Bonchev–Trinajstić information content (AvgIpc) is 3.33. The van der Waals surface area contributed by atoms with Gasteiger partial charge in [-0.05, 0) is 28.8 Å². The summed E-state index contributed by atoms with van der Waals surface area (Å²) in [4.78, 5) is 21.0. The third-order valence-corrected chi connectivity index (χ3v) is 7.09. The summed E-state index contributed by atoms with van der Waals surface area (Å²) >= 11 is 10.1. The second-order valence-corrected chi connectivity index (χ2v) is 9.95. The Morgan fingerprint density at radius 2 is 1.37 bits per heavy atom. The second-order valence-electron chi connectivity index (χ2n) is 8.63. The number of carbonyl (C=O) groups is 1. The van der Waals surface area contributed by atoms with E-state index in [4.69, 9.17) is 16.6 Å². The molecule has 0 N–H and O–H groups in total. The van der Waals surface area contributed by atoms with E-state index >= 15 is 0 Å². The van der Waals surface area contributed by atoms with Crippen molar-refractivity contribution in [2.75, 3.05) is 0 Å². The molecule has 35 heavy (non-hydrogen) atoms. The van der Waals surface area contributed by atoms with Gasteiger partial charge in [0.05, 0.1) is 5.71 Å². The lowest BCUT2D eigenvalue weighted by Crippen LogP contribution is -2.36. The molecule has 0 bridgehead atoms. The molecule has 5 rings (SSSR count). The van der Waals surface area contributed by atoms with Crippen LogP contribution in [0.2, 0.25) is 5.02 Å². The summed E-state index contributed by atoms with van der Waals surface area (Å²) in [5, 5.41) is 0.623. The maximum atomic E-state index is 14.0. The molecule has 1 amide bonds. The lowest BCUT2D eigenvalue weighted by Gasteiger charge is -2.22. The minimum absolute atomic E-state index is 0.00421. The van der Waals surface area contributed by atoms with Crippen LogP contribution in [0.3, 0.4) is 0 Å². The third kappa shape index (κ3) is 5.39. The van der Waals surface area contributed by atoms with Gasteiger partial charge in [0, 0.05) is 40.1 Å². The largest absolute Gasteiger partial charge is 0.332 e. The minimum Gasteiger partial charge on any atom is -0.332 e. The number of halogens is 2. The smallest absolute Gasteiger partial charge is 0.248 e. The molecule has 0 aliphatic carbocycles. The summed E-state index contributed by atoms with van der Waals surface area (Å²) < 4.78 is 0.905. The average molecular weight is 544 g/mol. The van der Waals surface area contributed by atoms with Gasteiger partial charge in [0.25, 0.3) is 0 Å². The van der Waals surface area contributed by atoms with Crippen molar-refractivity contribution in [3.63, 3.8) is 0 Å². The summed E-state index contributed by atoms with van der Waals surface area (Å²) in [6, 6.07) is 33.5. The van der Waals surface area contributed by atoms with Crippen molar-refractivity contribution in [3.05, 3.63) is 140 Å². The van der Waals surface area contributed by atoms with Crippen LogP contribution in [0.5, 0.6) is 0 Å². The molecule has 1 aliphatic heterocycles. The molecule has 0 spiro atoms. The van der Waals surface area contributed by atoms with E-state index in [2.05, 4.69) is 28.1 Å². The van der Waals surface area contributed by atoms with Gasteiger partial charge in [0.1, 0.15) is 6.04 Å². The van der Waals surface area contributed by atoms with Crippen molar-refractivity contribution in [1.82, 2.24) is 4.90 Å². The molecular formula is C30H24BrClN2O. The zero-order valence-electron chi connectivity index (χ0n) is 19.1. The molecule has 0 fully saturated rings. The zero-order chi connectivity index (χ0) is 24.2. The Balaban J connectivity index is 1.56. The highest BCUT2D eigenvalue weighted by molar-refractivity contribution is 9.10. The van der Waals surface area contributed by atoms with Crippen molar-refractivity contribution in [2.24, 2.45) is 4.99 Å². The summed E-state index contributed by atoms with van der Waals surface area (Å²) in [7, 11) is 0. The second kappa shape index (κ2) is 10.6. The predicted octanol–water partition coefficient (Wildman–Crippen LogP) is 7.09. The first kappa shape index (κ1) is 23.5. The fraction of sp³-hybridized carbons (Fsp3) is 0.133. The Hall–Kier alpha value is -3.21. The van der Waals surface area contributed by atoms with E-state index in [9.17, 15) is 4.79 Å². The maximum Gasteiger partial charge on any atom is 0.248 e. The Kier molecular flexibility index (Phi) is 7.12. The van der Waals surface area contributed by atoms with E-state index in [0.29, 0.717) is 24.5 Å². The highest BCUT2D eigenvalue weighted by Gasteiger charge is 2.30. The molecule has 1 heterocycles. The molecule has 1 atom stereocenters. The number of amides is 1. The van der Waals surface area contributed by atoms with Crippen LogP contribution in [0, 0.1) is 0 Å². The van der Waals surface area contributed by atoms with Gasteiger partial charge in [0.2, 0.25) is 5.91 Å². The maximum absolute atomic E-state index is 14.0. The van der Waals surface area contributed by atoms with Gasteiger partial charge in [-0.1, -0.05) is 119 Å². The molecule has 1 aliphatic rings. The molecule has 174 valence electrons. The van der Waals surface area contributed by atoms with E-state index in [0.717, 1.165) is 26.9 Å². The van der Waals surface area contributed by atoms with Crippen LogP contribution in [0.1, 0.15) is 27.8 Å². The van der Waals surface area contributed by atoms with Crippen molar-refractivity contribution in [3.8, 4) is 0 Å². The summed E-state index contributed by atoms with van der Waals surface area (Å²) in [5.41, 5.74) is 6.03. The number of rotatable bonds is 6. The Bertz CT molecular complexity index is 1310. The monoisotopic (exact) mass is 542 g/mol. The third-order valence-electron chi connectivity index (χ3n) is 6.25. The quantitative estimate of drug-likeness (QED) is 0.239. The lowest BCUT2D eigenvalue weighted by atomic mass is 10.00. The molecule has 0 aromatic heterocycles. The van der Waals surface area contributed by atoms with Gasteiger partial charge < -0.3 is 4.90 Å². The first-order valence-corrected chi connectivity index (χ1v) is 12.7. The number of benzene rings is 4. The van der Waals surface area contributed by atoms with E-state index < -0.39 is 6.04 Å². The van der Waals surface area contributed by atoms with Crippen LogP contribution in [0.25, 0.3) is 0 Å². The number of fused-ring (bicyclic) bond motifs is 1. The molecule has 0 saturated heterocycles. The van der Waals surface area contributed by atoms with Crippen molar-refractivity contribution in [2.45, 2.75) is 25.6 Å². The number of aliphatic imine (C=N–C) groups is 1. The first-order chi connectivity index (χ1) is 17.1. The Labute approximate surface area is 219 Å². The molecule has 4 aromatic carbocycles. The van der Waals surface area contributed by atoms with Gasteiger partial charge in [-0.25, -0.2) is 0 Å². The van der Waals surface area contributed by atoms with Crippen molar-refractivity contribution < 1.29 is 4.79 Å². The molecular weight excluding hydrogens is 520 g/mol. The van der Waals surface area contributed by atoms with Crippen molar-refractivity contribution in [1.29, 1.82) is 0 Å². The minimum atomic E-state index is -0.613. The first-order valence-electron chi connectivity index (χ1n) is 11.6. The van der Waals surface area contributed by atoms with E-state index in [1.54, 1.807) is 0 Å². The molecule has 5 heteroatoms. The zero-order valence-corrected chi connectivity index (χ0v) is 21.4. The van der Waals surface area contributed by atoms with Gasteiger partial charge in [0.15, 0.2) is 0 Å². The standard InChI is InChI=1S/C30H24BrClN2O/c31-26-16-15-23(27(32)18-26)17-28(30(35)34-19-24-13-7-8-14-25(24)20-34)33-29(21-9-3-1-4-10-21)22-11-5-2-6-12-22/h1-16,18,28H,17,19-20H2. The summed E-state index contributed by atoms with van der Waals surface area (Å²) in [6.07, 6.45) is 0.418. The summed E-state index contributed by atoms with van der Waals surface area (Å²) in [5.74, 6) is 0.00421. The highest BCUT2D eigenvalue weighted by Crippen LogP contribution is 2.27. The number of carbonyl (C=O) groups excluding carboxylic acids is 1. The van der Waals surface area contributed by atoms with Gasteiger partial charge in [-0.2, -0.15) is 0 Å². The Morgan fingerprint density at radius 3 is 1.91 bits per heavy atom. The van der Waals surface area contributed by atoms with Crippen LogP contribution in [0.4, 0.5) is 0 Å². The number of nitrogens with zero attached hydrogens (tertiary/aromatic N) is 2. The molecule has 1 unspecified atom stereocenters. The molecule has 4 aromatic rings. The van der Waals surface area contributed by atoms with E-state index in [1.807, 2.05) is 95.9 Å². The van der Waals surface area contributed by atoms with E-state index in [1.165, 1.54) is 11.1 Å². The van der Waals surface area contributed by atoms with Gasteiger partial charge in [-0.3, -0.25) is 9.79 Å². The number of hydrogen-bond acceptors (Lipinski definition) is 2. The van der Waals surface area contributed by atoms with Crippen LogP contribution in [-0.4, -0.2) is 22.6 Å². The number of hydrogen-bond donors (Lipinski definition) is 0. The van der Waals surface area contributed by atoms with Gasteiger partial charge in [-0.15, -0.1) is 0 Å². The highest BCUT2D eigenvalue weighted by atomic mass is 79.9. The Morgan fingerprint density at radius 1 is 0.829 bits per heavy atom. The topological polar surface area (TPSA) is 32.7 Å². The van der Waals surface area contributed by atoms with Crippen LogP contribution < -0.4 is 0 Å². The van der Waals surface area contributed by atoms with Crippen LogP contribution in [0.15, 0.2) is 113 Å². The molecule has 3 nitrogen and oxygen atoms in total. The van der Waals surface area contributed by atoms with Crippen molar-refractivity contribution >= 4 is 39.1 Å². The molecule has 0 saturated carbocycles.